The van der Waals surface area contributed by atoms with Crippen LogP contribution in [0.15, 0.2) is 18.2 Å². The number of anilines is 1. The number of fused-ring (bicyclic) bond motifs is 1. The molecule has 1 aromatic rings. The van der Waals surface area contributed by atoms with E-state index in [0.29, 0.717) is 5.92 Å². The lowest BCUT2D eigenvalue weighted by Crippen LogP contribution is -2.13. The zero-order valence-corrected chi connectivity index (χ0v) is 9.34. The fourth-order valence-corrected chi connectivity index (χ4v) is 1.88. The molecule has 2 heteroatoms. The predicted molar refractivity (Wildman–Crippen MR) is 59.4 cm³/mol. The van der Waals surface area contributed by atoms with Crippen LogP contribution < -0.4 is 4.90 Å². The lowest BCUT2D eigenvalue weighted by Gasteiger charge is -2.10. The van der Waals surface area contributed by atoms with Crippen molar-refractivity contribution in [3.05, 3.63) is 29.6 Å². The van der Waals surface area contributed by atoms with Crippen molar-refractivity contribution in [3.8, 4) is 0 Å². The van der Waals surface area contributed by atoms with Gasteiger partial charge in [0.05, 0.1) is 0 Å². The molecule has 0 aliphatic carbocycles. The van der Waals surface area contributed by atoms with Gasteiger partial charge < -0.3 is 4.90 Å². The fraction of sp³-hybridized carbons (Fsp3) is 0.500. The molecule has 1 nitrogen and oxygen atoms in total. The van der Waals surface area contributed by atoms with Crippen molar-refractivity contribution < 1.29 is 4.39 Å². The second-order valence-electron chi connectivity index (χ2n) is 3.48. The first kappa shape index (κ1) is 11.0. The summed E-state index contributed by atoms with van der Waals surface area (Å²) in [5, 5.41) is 0. The first-order valence-corrected chi connectivity index (χ1v) is 5.19. The molecule has 1 aliphatic heterocycles. The third-order valence-electron chi connectivity index (χ3n) is 2.48. The Kier molecular flexibility index (Phi) is 3.50. The van der Waals surface area contributed by atoms with Crippen molar-refractivity contribution in [1.82, 2.24) is 0 Å². The summed E-state index contributed by atoms with van der Waals surface area (Å²) in [5.41, 5.74) is 2.31. The molecule has 0 bridgehead atoms. The lowest BCUT2D eigenvalue weighted by atomic mass is 10.0. The molecule has 1 unspecified atom stereocenters. The second kappa shape index (κ2) is 4.45. The van der Waals surface area contributed by atoms with Crippen LogP contribution in [0.5, 0.6) is 0 Å². The van der Waals surface area contributed by atoms with Crippen LogP contribution in [0.3, 0.4) is 0 Å². The molecular formula is C12H18FN. The first-order chi connectivity index (χ1) is 6.68. The predicted octanol–water partition coefficient (Wildman–Crippen LogP) is 3.41. The molecule has 0 saturated carbocycles. The molecule has 0 amide bonds. The van der Waals surface area contributed by atoms with E-state index in [1.807, 2.05) is 27.0 Å². The Morgan fingerprint density at radius 2 is 2.00 bits per heavy atom. The van der Waals surface area contributed by atoms with E-state index in [1.54, 1.807) is 6.07 Å². The summed E-state index contributed by atoms with van der Waals surface area (Å²) in [7, 11) is 2.04. The maximum absolute atomic E-state index is 12.8. The minimum absolute atomic E-state index is 0.129. The summed E-state index contributed by atoms with van der Waals surface area (Å²) in [6, 6.07) is 5.02. The molecule has 1 heterocycles. The van der Waals surface area contributed by atoms with E-state index in [9.17, 15) is 4.39 Å². The SMILES string of the molecule is CC.CC1CN(C)c2ccc(F)cc21. The summed E-state index contributed by atoms with van der Waals surface area (Å²) in [4.78, 5) is 2.17. The molecule has 1 aliphatic rings. The molecule has 0 spiro atoms. The highest BCUT2D eigenvalue weighted by Crippen LogP contribution is 2.34. The average molecular weight is 195 g/mol. The number of likely N-dealkylation sites (N-methyl/N-ethyl adjacent to an activating group) is 1. The summed E-state index contributed by atoms with van der Waals surface area (Å²) in [6.07, 6.45) is 0. The molecule has 1 atom stereocenters. The van der Waals surface area contributed by atoms with Gasteiger partial charge in [-0.2, -0.15) is 0 Å². The molecular weight excluding hydrogens is 177 g/mol. The molecule has 14 heavy (non-hydrogen) atoms. The number of benzene rings is 1. The highest BCUT2D eigenvalue weighted by atomic mass is 19.1. The summed E-state index contributed by atoms with van der Waals surface area (Å²) >= 11 is 0. The minimum atomic E-state index is -0.129. The number of halogens is 1. The van der Waals surface area contributed by atoms with Crippen molar-refractivity contribution in [3.63, 3.8) is 0 Å². The van der Waals surface area contributed by atoms with Gasteiger partial charge in [-0.15, -0.1) is 0 Å². The van der Waals surface area contributed by atoms with Gasteiger partial charge in [-0.1, -0.05) is 20.8 Å². The molecule has 2 rings (SSSR count). The van der Waals surface area contributed by atoms with E-state index in [2.05, 4.69) is 11.8 Å². The van der Waals surface area contributed by atoms with E-state index in [0.717, 1.165) is 12.1 Å². The standard InChI is InChI=1S/C10H12FN.C2H6/c1-7-6-12(2)10-4-3-8(11)5-9(7)10;1-2/h3-5,7H,6H2,1-2H3;1-2H3. The zero-order chi connectivity index (χ0) is 10.7. The monoisotopic (exact) mass is 195 g/mol. The second-order valence-corrected chi connectivity index (χ2v) is 3.48. The highest BCUT2D eigenvalue weighted by Gasteiger charge is 2.22. The van der Waals surface area contributed by atoms with Crippen LogP contribution in [0.4, 0.5) is 10.1 Å². The van der Waals surface area contributed by atoms with Crippen molar-refractivity contribution in [2.75, 3.05) is 18.5 Å². The third-order valence-corrected chi connectivity index (χ3v) is 2.48. The van der Waals surface area contributed by atoms with Crippen LogP contribution >= 0.6 is 0 Å². The maximum Gasteiger partial charge on any atom is 0.123 e. The lowest BCUT2D eigenvalue weighted by molar-refractivity contribution is 0.625. The molecule has 0 aromatic heterocycles. The molecule has 0 fully saturated rings. The third kappa shape index (κ3) is 1.89. The van der Waals surface area contributed by atoms with Crippen molar-refractivity contribution in [1.29, 1.82) is 0 Å². The molecule has 78 valence electrons. The smallest absolute Gasteiger partial charge is 0.123 e. The summed E-state index contributed by atoms with van der Waals surface area (Å²) in [5.74, 6) is 0.330. The Morgan fingerprint density at radius 3 is 2.64 bits per heavy atom. The van der Waals surface area contributed by atoms with Crippen LogP contribution in [0.1, 0.15) is 32.3 Å². The van der Waals surface area contributed by atoms with Gasteiger partial charge in [0.2, 0.25) is 0 Å². The van der Waals surface area contributed by atoms with Crippen molar-refractivity contribution in [2.45, 2.75) is 26.7 Å². The van der Waals surface area contributed by atoms with Crippen LogP contribution in [0.2, 0.25) is 0 Å². The van der Waals surface area contributed by atoms with Crippen LogP contribution in [0.25, 0.3) is 0 Å². The highest BCUT2D eigenvalue weighted by molar-refractivity contribution is 5.59. The van der Waals surface area contributed by atoms with Crippen LogP contribution in [-0.4, -0.2) is 13.6 Å². The topological polar surface area (TPSA) is 3.24 Å². The van der Waals surface area contributed by atoms with E-state index < -0.39 is 0 Å². The number of rotatable bonds is 0. The number of nitrogens with zero attached hydrogens (tertiary/aromatic N) is 1. The zero-order valence-electron chi connectivity index (χ0n) is 9.34. The van der Waals surface area contributed by atoms with Gasteiger partial charge in [-0.3, -0.25) is 0 Å². The molecule has 1 aromatic carbocycles. The molecule has 0 N–H and O–H groups in total. The Balaban J connectivity index is 0.000000461. The van der Waals surface area contributed by atoms with Crippen LogP contribution in [0, 0.1) is 5.82 Å². The quantitative estimate of drug-likeness (QED) is 0.613. The van der Waals surface area contributed by atoms with E-state index in [4.69, 9.17) is 0 Å². The van der Waals surface area contributed by atoms with Gasteiger partial charge in [0, 0.05) is 25.2 Å². The van der Waals surface area contributed by atoms with Gasteiger partial charge in [0.25, 0.3) is 0 Å². The largest absolute Gasteiger partial charge is 0.374 e. The number of hydrogen-bond donors (Lipinski definition) is 0. The van der Waals surface area contributed by atoms with Crippen LogP contribution in [-0.2, 0) is 0 Å². The van der Waals surface area contributed by atoms with Gasteiger partial charge in [-0.05, 0) is 23.8 Å². The van der Waals surface area contributed by atoms with Crippen molar-refractivity contribution in [2.24, 2.45) is 0 Å². The maximum atomic E-state index is 12.8. The molecule has 0 saturated heterocycles. The Labute approximate surface area is 85.5 Å². The Bertz CT molecular complexity index is 309. The average Bonchev–Trinajstić information content (AvgIpc) is 2.46. The van der Waals surface area contributed by atoms with E-state index in [1.165, 1.54) is 11.8 Å². The first-order valence-electron chi connectivity index (χ1n) is 5.19. The van der Waals surface area contributed by atoms with Gasteiger partial charge in [0.15, 0.2) is 0 Å². The normalized spacial score (nSPS) is 18.6. The molecule has 0 radical (unpaired) electrons. The fourth-order valence-electron chi connectivity index (χ4n) is 1.88. The van der Waals surface area contributed by atoms with E-state index >= 15 is 0 Å². The summed E-state index contributed by atoms with van der Waals surface area (Å²) in [6.45, 7) is 7.13. The van der Waals surface area contributed by atoms with Gasteiger partial charge >= 0.3 is 0 Å². The van der Waals surface area contributed by atoms with Gasteiger partial charge in [-0.25, -0.2) is 4.39 Å². The summed E-state index contributed by atoms with van der Waals surface area (Å²) < 4.78 is 12.8. The van der Waals surface area contributed by atoms with E-state index in [-0.39, 0.29) is 5.82 Å². The van der Waals surface area contributed by atoms with Crippen molar-refractivity contribution >= 4 is 5.69 Å². The Hall–Kier alpha value is -1.05. The Morgan fingerprint density at radius 1 is 1.36 bits per heavy atom. The van der Waals surface area contributed by atoms with Gasteiger partial charge in [0.1, 0.15) is 5.82 Å². The minimum Gasteiger partial charge on any atom is -0.374 e. The number of hydrogen-bond acceptors (Lipinski definition) is 1.